The van der Waals surface area contributed by atoms with Gasteiger partial charge in [-0.3, -0.25) is 14.9 Å². The smallest absolute Gasteiger partial charge is 0.306 e. The third kappa shape index (κ3) is 4.22. The van der Waals surface area contributed by atoms with Crippen LogP contribution in [0.2, 0.25) is 0 Å². The number of carbonyl (C=O) groups is 1. The number of ether oxygens (including phenoxy) is 1. The van der Waals surface area contributed by atoms with Gasteiger partial charge in [-0.05, 0) is 43.3 Å². The third-order valence-corrected chi connectivity index (χ3v) is 2.91. The summed E-state index contributed by atoms with van der Waals surface area (Å²) in [7, 11) is 0. The first-order valence-corrected chi connectivity index (χ1v) is 6.54. The molecule has 1 unspecified atom stereocenters. The number of hydrogen-bond donors (Lipinski definition) is 1. The van der Waals surface area contributed by atoms with Gasteiger partial charge in [0.25, 0.3) is 5.91 Å². The Labute approximate surface area is 129 Å². The second-order valence-corrected chi connectivity index (χ2v) is 4.63. The molecule has 0 spiro atoms. The highest BCUT2D eigenvalue weighted by molar-refractivity contribution is 5.94. The van der Waals surface area contributed by atoms with Crippen LogP contribution in [0.25, 0.3) is 0 Å². The lowest BCUT2D eigenvalue weighted by atomic mass is 10.2. The molecule has 2 aromatic carbocycles. The van der Waals surface area contributed by atoms with Crippen LogP contribution in [0.3, 0.4) is 0 Å². The Morgan fingerprint density at radius 3 is 2.48 bits per heavy atom. The van der Waals surface area contributed by atoms with Gasteiger partial charge in [-0.15, -0.1) is 0 Å². The number of carbonyl (C=O) groups excluding carboxylic acids is 1. The van der Waals surface area contributed by atoms with E-state index in [1.165, 1.54) is 37.3 Å². The molecule has 1 N–H and O–H groups in total. The van der Waals surface area contributed by atoms with E-state index >= 15 is 0 Å². The molecule has 8 heteroatoms. The highest BCUT2D eigenvalue weighted by Gasteiger charge is 2.18. The number of amides is 1. The average Bonchev–Trinajstić information content (AvgIpc) is 2.51. The van der Waals surface area contributed by atoms with Gasteiger partial charge in [0, 0.05) is 11.8 Å². The molecule has 6 nitrogen and oxygen atoms in total. The first-order valence-electron chi connectivity index (χ1n) is 6.54. The predicted octanol–water partition coefficient (Wildman–Crippen LogP) is 3.28. The van der Waals surface area contributed by atoms with Crippen molar-refractivity contribution >= 4 is 17.3 Å². The minimum absolute atomic E-state index is 0.0673. The summed E-state index contributed by atoms with van der Waals surface area (Å²) in [6.07, 6.45) is -0.940. The Balaban J connectivity index is 2.04. The van der Waals surface area contributed by atoms with Crippen molar-refractivity contribution in [2.45, 2.75) is 13.0 Å². The van der Waals surface area contributed by atoms with Gasteiger partial charge in [-0.25, -0.2) is 4.39 Å². The van der Waals surface area contributed by atoms with Gasteiger partial charge in [0.05, 0.1) is 4.92 Å². The Morgan fingerprint density at radius 1 is 1.22 bits per heavy atom. The van der Waals surface area contributed by atoms with Gasteiger partial charge in [-0.1, -0.05) is 0 Å². The SMILES string of the molecule is CC(Oc1ccc(F)cc1)C(=O)Nc1ccc(F)c([N+](=O)[O-])c1. The summed E-state index contributed by atoms with van der Waals surface area (Å²) in [5.41, 5.74) is -0.674. The van der Waals surface area contributed by atoms with E-state index in [0.29, 0.717) is 5.75 Å². The highest BCUT2D eigenvalue weighted by atomic mass is 19.1. The van der Waals surface area contributed by atoms with Crippen molar-refractivity contribution in [3.05, 3.63) is 64.2 Å². The fourth-order valence-corrected chi connectivity index (χ4v) is 1.75. The molecule has 0 bridgehead atoms. The summed E-state index contributed by atoms with van der Waals surface area (Å²) in [6.45, 7) is 1.45. The van der Waals surface area contributed by atoms with Crippen LogP contribution in [0.4, 0.5) is 20.2 Å². The van der Waals surface area contributed by atoms with Gasteiger partial charge in [0.15, 0.2) is 6.10 Å². The number of nitrogens with zero attached hydrogens (tertiary/aromatic N) is 1. The minimum Gasteiger partial charge on any atom is -0.481 e. The summed E-state index contributed by atoms with van der Waals surface area (Å²) in [6, 6.07) is 8.10. The molecular formula is C15H12F2N2O4. The molecule has 0 radical (unpaired) electrons. The molecule has 0 aliphatic rings. The van der Waals surface area contributed by atoms with Gasteiger partial charge >= 0.3 is 5.69 Å². The zero-order chi connectivity index (χ0) is 17.0. The normalized spacial score (nSPS) is 11.6. The fourth-order valence-electron chi connectivity index (χ4n) is 1.75. The summed E-state index contributed by atoms with van der Waals surface area (Å²) >= 11 is 0. The van der Waals surface area contributed by atoms with Gasteiger partial charge < -0.3 is 10.1 Å². The highest BCUT2D eigenvalue weighted by Crippen LogP contribution is 2.22. The average molecular weight is 322 g/mol. The maximum Gasteiger partial charge on any atom is 0.306 e. The zero-order valence-electron chi connectivity index (χ0n) is 12.0. The number of hydrogen-bond acceptors (Lipinski definition) is 4. The van der Waals surface area contributed by atoms with Crippen LogP contribution >= 0.6 is 0 Å². The van der Waals surface area contributed by atoms with E-state index in [4.69, 9.17) is 4.74 Å². The topological polar surface area (TPSA) is 81.5 Å². The van der Waals surface area contributed by atoms with E-state index in [1.807, 2.05) is 0 Å². The molecule has 120 valence electrons. The number of benzene rings is 2. The van der Waals surface area contributed by atoms with Crippen LogP contribution in [0.15, 0.2) is 42.5 Å². The quantitative estimate of drug-likeness (QED) is 0.676. The van der Waals surface area contributed by atoms with E-state index in [9.17, 15) is 23.7 Å². The van der Waals surface area contributed by atoms with E-state index in [0.717, 1.165) is 12.1 Å². The van der Waals surface area contributed by atoms with E-state index in [2.05, 4.69) is 5.32 Å². The minimum atomic E-state index is -0.997. The number of nitro groups is 1. The standard InChI is InChI=1S/C15H12F2N2O4/c1-9(23-12-5-2-10(16)3-6-12)15(20)18-11-4-7-13(17)14(8-11)19(21)22/h2-9H,1H3,(H,18,20). The van der Waals surface area contributed by atoms with Crippen LogP contribution < -0.4 is 10.1 Å². The van der Waals surface area contributed by atoms with Crippen molar-refractivity contribution < 1.29 is 23.2 Å². The van der Waals surface area contributed by atoms with Crippen LogP contribution in [-0.2, 0) is 4.79 Å². The second-order valence-electron chi connectivity index (χ2n) is 4.63. The van der Waals surface area contributed by atoms with Crippen molar-refractivity contribution in [3.8, 4) is 5.75 Å². The van der Waals surface area contributed by atoms with Crippen molar-refractivity contribution in [3.63, 3.8) is 0 Å². The molecule has 0 aromatic heterocycles. The molecule has 23 heavy (non-hydrogen) atoms. The van der Waals surface area contributed by atoms with E-state index in [1.54, 1.807) is 0 Å². The van der Waals surface area contributed by atoms with Crippen molar-refractivity contribution in [2.24, 2.45) is 0 Å². The molecule has 0 heterocycles. The van der Waals surface area contributed by atoms with Gasteiger partial charge in [0.2, 0.25) is 5.82 Å². The van der Waals surface area contributed by atoms with Crippen LogP contribution in [0.1, 0.15) is 6.92 Å². The molecule has 2 rings (SSSR count). The third-order valence-electron chi connectivity index (χ3n) is 2.91. The summed E-state index contributed by atoms with van der Waals surface area (Å²) in [4.78, 5) is 21.8. The molecule has 0 saturated carbocycles. The van der Waals surface area contributed by atoms with E-state index in [-0.39, 0.29) is 5.69 Å². The zero-order valence-corrected chi connectivity index (χ0v) is 12.0. The second kappa shape index (κ2) is 6.82. The molecule has 1 amide bonds. The van der Waals surface area contributed by atoms with Crippen LogP contribution in [0.5, 0.6) is 5.75 Å². The lowest BCUT2D eigenvalue weighted by molar-refractivity contribution is -0.387. The summed E-state index contributed by atoms with van der Waals surface area (Å²) < 4.78 is 31.3. The van der Waals surface area contributed by atoms with Gasteiger partial charge in [-0.2, -0.15) is 4.39 Å². The number of halogens is 2. The molecule has 1 atom stereocenters. The lowest BCUT2D eigenvalue weighted by Crippen LogP contribution is -2.30. The molecule has 0 saturated heterocycles. The first-order chi connectivity index (χ1) is 10.9. The molecule has 0 fully saturated rings. The van der Waals surface area contributed by atoms with Crippen LogP contribution in [-0.4, -0.2) is 16.9 Å². The molecule has 0 aliphatic heterocycles. The molecular weight excluding hydrogens is 310 g/mol. The maximum absolute atomic E-state index is 13.2. The van der Waals surface area contributed by atoms with Gasteiger partial charge in [0.1, 0.15) is 11.6 Å². The molecule has 2 aromatic rings. The van der Waals surface area contributed by atoms with Crippen molar-refractivity contribution in [2.75, 3.05) is 5.32 Å². The Bertz CT molecular complexity index is 735. The Kier molecular flexibility index (Phi) is 4.85. The van der Waals surface area contributed by atoms with Crippen molar-refractivity contribution in [1.82, 2.24) is 0 Å². The van der Waals surface area contributed by atoms with Crippen molar-refractivity contribution in [1.29, 1.82) is 0 Å². The maximum atomic E-state index is 13.2. The monoisotopic (exact) mass is 322 g/mol. The molecule has 0 aliphatic carbocycles. The number of nitrogens with one attached hydrogen (secondary N) is 1. The van der Waals surface area contributed by atoms with Crippen LogP contribution in [0, 0.1) is 21.7 Å². The Hall–Kier alpha value is -3.03. The number of rotatable bonds is 5. The summed E-state index contributed by atoms with van der Waals surface area (Å²) in [5, 5.41) is 13.0. The number of anilines is 1. The largest absolute Gasteiger partial charge is 0.481 e. The Morgan fingerprint density at radius 2 is 1.87 bits per heavy atom. The summed E-state index contributed by atoms with van der Waals surface area (Å²) in [5.74, 6) is -1.73. The lowest BCUT2D eigenvalue weighted by Gasteiger charge is -2.14. The fraction of sp³-hybridized carbons (Fsp3) is 0.133. The number of nitro benzene ring substituents is 1. The first kappa shape index (κ1) is 16.3. The predicted molar refractivity (Wildman–Crippen MR) is 78.2 cm³/mol. The van der Waals surface area contributed by atoms with E-state index < -0.39 is 34.3 Å².